The Morgan fingerprint density at radius 2 is 0.909 bits per heavy atom. The largest absolute Gasteiger partial charge is 0.201 e. The molecule has 22 heavy (non-hydrogen) atoms. The Bertz CT molecular complexity index is 872. The van der Waals surface area contributed by atoms with Gasteiger partial charge in [-0.05, 0) is 21.5 Å². The molecule has 1 nitrogen and oxygen atoms in total. The first-order valence-corrected chi connectivity index (χ1v) is 8.53. The molecule has 0 saturated carbocycles. The van der Waals surface area contributed by atoms with Crippen LogP contribution in [-0.4, -0.2) is 0 Å². The molecule has 0 N–H and O–H groups in total. The van der Waals surface area contributed by atoms with Crippen molar-refractivity contribution in [3.63, 3.8) is 0 Å². The average Bonchev–Trinajstić information content (AvgIpc) is 2.60. The monoisotopic (exact) mass is 301 g/mol. The zero-order valence-electron chi connectivity index (χ0n) is 11.9. The van der Waals surface area contributed by atoms with Crippen LogP contribution in [0.15, 0.2) is 84.9 Å². The van der Waals surface area contributed by atoms with Crippen LogP contribution in [0.3, 0.4) is 0 Å². The predicted molar refractivity (Wildman–Crippen MR) is 94.8 cm³/mol. The summed E-state index contributed by atoms with van der Waals surface area (Å²) in [5.74, 6) is 0. The Balaban J connectivity index is 1.94. The van der Waals surface area contributed by atoms with Gasteiger partial charge in [0.05, 0.1) is 0 Å². The molecule has 4 aromatic rings. The molecule has 0 amide bonds. The summed E-state index contributed by atoms with van der Waals surface area (Å²) in [5.41, 5.74) is 0. The van der Waals surface area contributed by atoms with Gasteiger partial charge in [-0.15, -0.1) is 0 Å². The maximum Gasteiger partial charge on any atom is 0.135 e. The molecule has 0 fully saturated rings. The van der Waals surface area contributed by atoms with Gasteiger partial charge in [0.25, 0.3) is 0 Å². The number of rotatable bonds is 2. The van der Waals surface area contributed by atoms with Crippen LogP contribution < -0.4 is 10.6 Å². The number of fused-ring (bicyclic) bond motifs is 2. The van der Waals surface area contributed by atoms with Crippen LogP contribution in [0, 0.1) is 0 Å². The van der Waals surface area contributed by atoms with Gasteiger partial charge < -0.3 is 0 Å². The third kappa shape index (κ3) is 2.20. The Morgan fingerprint density at radius 1 is 0.500 bits per heavy atom. The maximum absolute atomic E-state index is 13.2. The molecule has 0 saturated heterocycles. The van der Waals surface area contributed by atoms with E-state index in [2.05, 4.69) is 24.3 Å². The third-order valence-electron chi connectivity index (χ3n) is 3.97. The maximum atomic E-state index is 13.2. The van der Waals surface area contributed by atoms with Crippen LogP contribution in [0.25, 0.3) is 21.5 Å². The Morgan fingerprint density at radius 3 is 1.41 bits per heavy atom. The van der Waals surface area contributed by atoms with E-state index in [-0.39, 0.29) is 0 Å². The molecule has 105 valence electrons. The van der Waals surface area contributed by atoms with Crippen molar-refractivity contribution >= 4 is 40.3 Å². The molecule has 0 aliphatic rings. The zero-order chi connectivity index (χ0) is 14.9. The smallest absolute Gasteiger partial charge is 0.135 e. The normalized spacial score (nSPS) is 11.4. The highest BCUT2D eigenvalue weighted by Crippen LogP contribution is 2.35. The topological polar surface area (TPSA) is 19.9 Å². The molecule has 0 aliphatic heterocycles. The minimum absolute atomic E-state index is 0.907. The van der Waals surface area contributed by atoms with E-state index in [4.69, 9.17) is 0 Å². The van der Waals surface area contributed by atoms with Crippen molar-refractivity contribution in [1.29, 1.82) is 0 Å². The molecule has 0 aliphatic carbocycles. The van der Waals surface area contributed by atoms with Gasteiger partial charge in [-0.25, -0.2) is 4.89 Å². The highest BCUT2D eigenvalue weighted by atomic mass is 31.1. The minimum atomic E-state index is -1.62. The minimum Gasteiger partial charge on any atom is -0.201 e. The van der Waals surface area contributed by atoms with Gasteiger partial charge in [-0.1, -0.05) is 84.9 Å². The molecule has 1 radical (unpaired) electrons. The van der Waals surface area contributed by atoms with Crippen molar-refractivity contribution in [2.75, 3.05) is 0 Å². The summed E-state index contributed by atoms with van der Waals surface area (Å²) in [6.45, 7) is 0. The van der Waals surface area contributed by atoms with E-state index in [0.717, 1.165) is 32.2 Å². The molecule has 0 heterocycles. The van der Waals surface area contributed by atoms with E-state index in [9.17, 15) is 4.89 Å². The lowest BCUT2D eigenvalue weighted by atomic mass is 10.1. The number of hydrogen-bond acceptors (Lipinski definition) is 0. The van der Waals surface area contributed by atoms with Crippen LogP contribution in [0.1, 0.15) is 0 Å². The molecule has 0 unspecified atom stereocenters. The Hall–Kier alpha value is -2.21. The summed E-state index contributed by atoms with van der Waals surface area (Å²) in [5, 5.41) is 6.21. The van der Waals surface area contributed by atoms with Crippen LogP contribution in [0.2, 0.25) is 0 Å². The second-order valence-electron chi connectivity index (χ2n) is 5.29. The van der Waals surface area contributed by atoms with Gasteiger partial charge in [-0.2, -0.15) is 0 Å². The summed E-state index contributed by atoms with van der Waals surface area (Å²) in [7, 11) is -1.62. The number of hydrogen-bond donors (Lipinski definition) is 0. The Labute approximate surface area is 130 Å². The van der Waals surface area contributed by atoms with E-state index in [1.54, 1.807) is 0 Å². The van der Waals surface area contributed by atoms with Crippen LogP contribution in [-0.2, 0) is 4.89 Å². The van der Waals surface area contributed by atoms with Crippen LogP contribution >= 0.6 is 8.15 Å². The fourth-order valence-corrected chi connectivity index (χ4v) is 4.45. The van der Waals surface area contributed by atoms with Crippen molar-refractivity contribution < 1.29 is 4.89 Å². The summed E-state index contributed by atoms with van der Waals surface area (Å²) in [6.07, 6.45) is 0. The quantitative estimate of drug-likeness (QED) is 0.475. The third-order valence-corrected chi connectivity index (χ3v) is 5.63. The molecule has 4 rings (SSSR count). The average molecular weight is 301 g/mol. The summed E-state index contributed by atoms with van der Waals surface area (Å²) in [4.78, 5) is 13.2. The van der Waals surface area contributed by atoms with Crippen molar-refractivity contribution in [2.45, 2.75) is 0 Å². The van der Waals surface area contributed by atoms with Crippen LogP contribution in [0.5, 0.6) is 0 Å². The van der Waals surface area contributed by atoms with Gasteiger partial charge in [0, 0.05) is 10.6 Å². The molecule has 4 aromatic carbocycles. The van der Waals surface area contributed by atoms with E-state index in [0.29, 0.717) is 0 Å². The molecule has 0 atom stereocenters. The SMILES string of the molecule is [O]P(c1cccc2ccccc12)c1cccc2ccccc12. The fraction of sp³-hybridized carbons (Fsp3) is 0. The molecule has 0 bridgehead atoms. The van der Waals surface area contributed by atoms with E-state index < -0.39 is 8.15 Å². The molecular weight excluding hydrogens is 287 g/mol. The highest BCUT2D eigenvalue weighted by molar-refractivity contribution is 7.68. The Kier molecular flexibility index (Phi) is 3.38. The molecule has 0 aromatic heterocycles. The lowest BCUT2D eigenvalue weighted by molar-refractivity contribution is 0.513. The molecular formula is C20H14OP. The number of benzene rings is 4. The zero-order valence-corrected chi connectivity index (χ0v) is 12.8. The van der Waals surface area contributed by atoms with Gasteiger partial charge in [0.2, 0.25) is 0 Å². The van der Waals surface area contributed by atoms with Crippen molar-refractivity contribution in [1.82, 2.24) is 0 Å². The first-order valence-electron chi connectivity index (χ1n) is 7.27. The van der Waals surface area contributed by atoms with E-state index >= 15 is 0 Å². The second kappa shape index (κ2) is 5.53. The fourth-order valence-electron chi connectivity index (χ4n) is 2.90. The van der Waals surface area contributed by atoms with Crippen molar-refractivity contribution in [2.24, 2.45) is 0 Å². The van der Waals surface area contributed by atoms with Gasteiger partial charge in [0.1, 0.15) is 8.15 Å². The first-order chi connectivity index (χ1) is 10.8. The van der Waals surface area contributed by atoms with Crippen molar-refractivity contribution in [3.05, 3.63) is 84.9 Å². The van der Waals surface area contributed by atoms with Crippen molar-refractivity contribution in [3.8, 4) is 0 Å². The second-order valence-corrected chi connectivity index (χ2v) is 6.84. The van der Waals surface area contributed by atoms with Gasteiger partial charge in [-0.3, -0.25) is 0 Å². The molecule has 0 spiro atoms. The molecule has 2 heteroatoms. The lowest BCUT2D eigenvalue weighted by Crippen LogP contribution is -2.12. The van der Waals surface area contributed by atoms with E-state index in [1.165, 1.54) is 0 Å². The van der Waals surface area contributed by atoms with E-state index in [1.807, 2.05) is 60.7 Å². The highest BCUT2D eigenvalue weighted by Gasteiger charge is 2.17. The predicted octanol–water partition coefficient (Wildman–Crippen LogP) is 4.77. The summed E-state index contributed by atoms with van der Waals surface area (Å²) >= 11 is 0. The van der Waals surface area contributed by atoms with Crippen LogP contribution in [0.4, 0.5) is 0 Å². The lowest BCUT2D eigenvalue weighted by Gasteiger charge is -2.14. The van der Waals surface area contributed by atoms with Gasteiger partial charge >= 0.3 is 0 Å². The standard InChI is InChI=1S/C20H14OP/c21-22(19-13-5-9-15-7-1-3-11-17(15)19)20-14-6-10-16-8-2-4-12-18(16)20/h1-14H. The van der Waals surface area contributed by atoms with Gasteiger partial charge in [0.15, 0.2) is 0 Å². The summed E-state index contributed by atoms with van der Waals surface area (Å²) < 4.78 is 0. The first kappa shape index (κ1) is 13.5. The summed E-state index contributed by atoms with van der Waals surface area (Å²) in [6, 6.07) is 28.3.